The van der Waals surface area contributed by atoms with Crippen LogP contribution in [0.15, 0.2) is 18.2 Å². The SMILES string of the molecule is CCCCc1nc2c(OCCCCN)cccc2s1. The average molecular weight is 278 g/mol. The second-order valence-electron chi connectivity index (χ2n) is 4.66. The summed E-state index contributed by atoms with van der Waals surface area (Å²) in [7, 11) is 0. The fourth-order valence-corrected chi connectivity index (χ4v) is 2.98. The third-order valence-corrected chi connectivity index (χ3v) is 4.11. The van der Waals surface area contributed by atoms with Crippen molar-refractivity contribution in [2.75, 3.05) is 13.2 Å². The van der Waals surface area contributed by atoms with Gasteiger partial charge in [-0.15, -0.1) is 11.3 Å². The number of unbranched alkanes of at least 4 members (excludes halogenated alkanes) is 2. The van der Waals surface area contributed by atoms with Gasteiger partial charge in [-0.3, -0.25) is 0 Å². The van der Waals surface area contributed by atoms with E-state index in [0.717, 1.165) is 43.7 Å². The minimum Gasteiger partial charge on any atom is -0.491 e. The molecule has 4 heteroatoms. The van der Waals surface area contributed by atoms with Crippen LogP contribution < -0.4 is 10.5 Å². The summed E-state index contributed by atoms with van der Waals surface area (Å²) in [6.07, 6.45) is 5.49. The molecular formula is C15H22N2OS. The summed E-state index contributed by atoms with van der Waals surface area (Å²) in [5.74, 6) is 0.911. The maximum absolute atomic E-state index is 5.83. The molecule has 19 heavy (non-hydrogen) atoms. The highest BCUT2D eigenvalue weighted by Crippen LogP contribution is 2.30. The second-order valence-corrected chi connectivity index (χ2v) is 5.77. The Balaban J connectivity index is 2.07. The van der Waals surface area contributed by atoms with E-state index in [1.807, 2.05) is 12.1 Å². The Morgan fingerprint density at radius 3 is 2.95 bits per heavy atom. The van der Waals surface area contributed by atoms with Crippen LogP contribution in [0.2, 0.25) is 0 Å². The van der Waals surface area contributed by atoms with Crippen LogP contribution in [0.5, 0.6) is 5.75 Å². The standard InChI is InChI=1S/C15H22N2OS/c1-2-3-9-14-17-15-12(18-11-5-4-10-16)7-6-8-13(15)19-14/h6-8H,2-5,9-11,16H2,1H3. The number of aryl methyl sites for hydroxylation is 1. The first kappa shape index (κ1) is 14.3. The van der Waals surface area contributed by atoms with E-state index in [-0.39, 0.29) is 0 Å². The van der Waals surface area contributed by atoms with E-state index in [4.69, 9.17) is 15.5 Å². The Kier molecular flexibility index (Phi) is 5.61. The molecule has 1 aromatic carbocycles. The summed E-state index contributed by atoms with van der Waals surface area (Å²) in [5, 5.41) is 1.22. The molecule has 2 N–H and O–H groups in total. The molecule has 0 bridgehead atoms. The molecule has 0 spiro atoms. The van der Waals surface area contributed by atoms with Gasteiger partial charge in [0.15, 0.2) is 0 Å². The summed E-state index contributed by atoms with van der Waals surface area (Å²) in [6, 6.07) is 6.17. The van der Waals surface area contributed by atoms with Crippen LogP contribution in [-0.4, -0.2) is 18.1 Å². The minimum absolute atomic E-state index is 0.720. The number of hydrogen-bond donors (Lipinski definition) is 1. The van der Waals surface area contributed by atoms with Crippen LogP contribution in [0.25, 0.3) is 10.2 Å². The average Bonchev–Trinajstić information content (AvgIpc) is 2.85. The number of hydrogen-bond acceptors (Lipinski definition) is 4. The van der Waals surface area contributed by atoms with Crippen molar-refractivity contribution in [3.8, 4) is 5.75 Å². The van der Waals surface area contributed by atoms with Gasteiger partial charge in [-0.2, -0.15) is 0 Å². The number of fused-ring (bicyclic) bond motifs is 1. The number of rotatable bonds is 8. The molecular weight excluding hydrogens is 256 g/mol. The minimum atomic E-state index is 0.720. The van der Waals surface area contributed by atoms with Crippen molar-refractivity contribution in [2.45, 2.75) is 39.0 Å². The van der Waals surface area contributed by atoms with E-state index < -0.39 is 0 Å². The molecule has 0 aliphatic rings. The number of aromatic nitrogens is 1. The predicted molar refractivity (Wildman–Crippen MR) is 82.0 cm³/mol. The van der Waals surface area contributed by atoms with Crippen LogP contribution in [0.1, 0.15) is 37.6 Å². The van der Waals surface area contributed by atoms with Gasteiger partial charge in [0.2, 0.25) is 0 Å². The van der Waals surface area contributed by atoms with Crippen LogP contribution in [0.3, 0.4) is 0 Å². The number of nitrogens with zero attached hydrogens (tertiary/aromatic N) is 1. The Labute approximate surface area is 118 Å². The molecule has 2 aromatic rings. The molecule has 104 valence electrons. The van der Waals surface area contributed by atoms with Crippen molar-refractivity contribution in [1.29, 1.82) is 0 Å². The topological polar surface area (TPSA) is 48.1 Å². The molecule has 1 aromatic heterocycles. The van der Waals surface area contributed by atoms with Gasteiger partial charge in [-0.05, 0) is 44.4 Å². The molecule has 0 unspecified atom stereocenters. The van der Waals surface area contributed by atoms with Crippen molar-refractivity contribution in [3.05, 3.63) is 23.2 Å². The van der Waals surface area contributed by atoms with Gasteiger partial charge in [0, 0.05) is 0 Å². The van der Waals surface area contributed by atoms with Crippen molar-refractivity contribution in [3.63, 3.8) is 0 Å². The summed E-state index contributed by atoms with van der Waals surface area (Å²) in [6.45, 7) is 3.66. The molecule has 0 radical (unpaired) electrons. The van der Waals surface area contributed by atoms with Gasteiger partial charge >= 0.3 is 0 Å². The van der Waals surface area contributed by atoms with Gasteiger partial charge in [-0.1, -0.05) is 19.4 Å². The van der Waals surface area contributed by atoms with Crippen LogP contribution >= 0.6 is 11.3 Å². The smallest absolute Gasteiger partial charge is 0.146 e. The zero-order valence-corrected chi connectivity index (χ0v) is 12.3. The van der Waals surface area contributed by atoms with E-state index in [2.05, 4.69) is 13.0 Å². The lowest BCUT2D eigenvalue weighted by atomic mass is 10.2. The number of thiazole rings is 1. The van der Waals surface area contributed by atoms with E-state index in [1.165, 1.54) is 22.5 Å². The number of para-hydroxylation sites is 1. The largest absolute Gasteiger partial charge is 0.491 e. The van der Waals surface area contributed by atoms with E-state index in [9.17, 15) is 0 Å². The van der Waals surface area contributed by atoms with Gasteiger partial charge in [-0.25, -0.2) is 4.98 Å². The fraction of sp³-hybridized carbons (Fsp3) is 0.533. The Bertz CT molecular complexity index is 510. The molecule has 3 nitrogen and oxygen atoms in total. The summed E-state index contributed by atoms with van der Waals surface area (Å²) in [5.41, 5.74) is 6.50. The molecule has 1 heterocycles. The molecule has 0 saturated carbocycles. The van der Waals surface area contributed by atoms with Gasteiger partial charge in [0.25, 0.3) is 0 Å². The summed E-state index contributed by atoms with van der Waals surface area (Å²) in [4.78, 5) is 4.72. The number of benzene rings is 1. The molecule has 0 fully saturated rings. The maximum Gasteiger partial charge on any atom is 0.146 e. The predicted octanol–water partition coefficient (Wildman–Crippen LogP) is 3.76. The van der Waals surface area contributed by atoms with Crippen LogP contribution in [-0.2, 0) is 6.42 Å². The van der Waals surface area contributed by atoms with Crippen molar-refractivity contribution in [2.24, 2.45) is 5.73 Å². The van der Waals surface area contributed by atoms with Crippen molar-refractivity contribution < 1.29 is 4.74 Å². The molecule has 0 amide bonds. The third-order valence-electron chi connectivity index (χ3n) is 3.03. The molecule has 2 rings (SSSR count). The van der Waals surface area contributed by atoms with Crippen LogP contribution in [0, 0.1) is 0 Å². The molecule has 0 aliphatic carbocycles. The lowest BCUT2D eigenvalue weighted by molar-refractivity contribution is 0.311. The fourth-order valence-electron chi connectivity index (χ4n) is 1.95. The van der Waals surface area contributed by atoms with E-state index in [1.54, 1.807) is 11.3 Å². The van der Waals surface area contributed by atoms with Gasteiger partial charge < -0.3 is 10.5 Å². The normalized spacial score (nSPS) is 11.1. The Morgan fingerprint density at radius 2 is 2.16 bits per heavy atom. The molecule has 0 saturated heterocycles. The highest BCUT2D eigenvalue weighted by molar-refractivity contribution is 7.18. The maximum atomic E-state index is 5.83. The van der Waals surface area contributed by atoms with Crippen molar-refractivity contribution >= 4 is 21.6 Å². The number of ether oxygens (including phenoxy) is 1. The van der Waals surface area contributed by atoms with E-state index >= 15 is 0 Å². The Hall–Kier alpha value is -1.13. The molecule has 0 aliphatic heterocycles. The van der Waals surface area contributed by atoms with Crippen LogP contribution in [0.4, 0.5) is 0 Å². The summed E-state index contributed by atoms with van der Waals surface area (Å²) < 4.78 is 7.05. The van der Waals surface area contributed by atoms with Crippen molar-refractivity contribution in [1.82, 2.24) is 4.98 Å². The lowest BCUT2D eigenvalue weighted by Crippen LogP contribution is -2.03. The van der Waals surface area contributed by atoms with E-state index in [0.29, 0.717) is 0 Å². The monoisotopic (exact) mass is 278 g/mol. The van der Waals surface area contributed by atoms with Gasteiger partial charge in [0.1, 0.15) is 11.3 Å². The zero-order chi connectivity index (χ0) is 13.5. The van der Waals surface area contributed by atoms with Gasteiger partial charge in [0.05, 0.1) is 16.3 Å². The third kappa shape index (κ3) is 3.91. The first-order chi connectivity index (χ1) is 9.35. The lowest BCUT2D eigenvalue weighted by Gasteiger charge is -2.05. The summed E-state index contributed by atoms with van der Waals surface area (Å²) >= 11 is 1.78. The zero-order valence-electron chi connectivity index (χ0n) is 11.5. The first-order valence-corrected chi connectivity index (χ1v) is 7.88. The second kappa shape index (κ2) is 7.46. The highest BCUT2D eigenvalue weighted by atomic mass is 32.1. The first-order valence-electron chi connectivity index (χ1n) is 7.06. The molecule has 0 atom stereocenters. The number of nitrogens with two attached hydrogens (primary N) is 1. The Morgan fingerprint density at radius 1 is 1.26 bits per heavy atom. The quantitative estimate of drug-likeness (QED) is 0.748. The highest BCUT2D eigenvalue weighted by Gasteiger charge is 2.08.